The molecular weight excluding hydrogens is 322 g/mol. The molecule has 2 aromatic rings. The zero-order chi connectivity index (χ0) is 14.5. The van der Waals surface area contributed by atoms with Crippen molar-refractivity contribution in [1.29, 1.82) is 5.26 Å². The van der Waals surface area contributed by atoms with Gasteiger partial charge in [-0.3, -0.25) is 0 Å². The number of rotatable bonds is 4. The second-order valence-corrected chi connectivity index (χ2v) is 4.77. The van der Waals surface area contributed by atoms with Gasteiger partial charge in [-0.1, -0.05) is 0 Å². The second-order valence-electron chi connectivity index (χ2n) is 3.85. The largest absolute Gasteiger partial charge is 0.497 e. The van der Waals surface area contributed by atoms with E-state index in [0.717, 1.165) is 4.47 Å². The lowest BCUT2D eigenvalue weighted by Crippen LogP contribution is -1.99. The highest BCUT2D eigenvalue weighted by Gasteiger charge is 2.09. The van der Waals surface area contributed by atoms with Crippen molar-refractivity contribution in [3.05, 3.63) is 40.5 Å². The van der Waals surface area contributed by atoms with Crippen molar-refractivity contribution in [1.82, 2.24) is 4.98 Å². The van der Waals surface area contributed by atoms with Crippen LogP contribution in [0.2, 0.25) is 0 Å². The third-order valence-corrected chi connectivity index (χ3v) is 3.07. The first-order valence-corrected chi connectivity index (χ1v) is 6.52. The molecule has 0 spiro atoms. The van der Waals surface area contributed by atoms with E-state index in [1.165, 1.54) is 0 Å². The molecule has 5 nitrogen and oxygen atoms in total. The third kappa shape index (κ3) is 3.00. The molecule has 1 heterocycles. The van der Waals surface area contributed by atoms with Gasteiger partial charge in [0.15, 0.2) is 0 Å². The Morgan fingerprint density at radius 1 is 1.25 bits per heavy atom. The Bertz CT molecular complexity index is 668. The van der Waals surface area contributed by atoms with Gasteiger partial charge < -0.3 is 14.8 Å². The van der Waals surface area contributed by atoms with Crippen LogP contribution in [0, 0.1) is 11.3 Å². The van der Waals surface area contributed by atoms with Crippen molar-refractivity contribution in [3.8, 4) is 17.6 Å². The Morgan fingerprint density at radius 3 is 2.70 bits per heavy atom. The molecule has 0 amide bonds. The smallest absolute Gasteiger partial charge is 0.148 e. The van der Waals surface area contributed by atoms with Crippen molar-refractivity contribution < 1.29 is 9.47 Å². The van der Waals surface area contributed by atoms with Crippen LogP contribution in [0.3, 0.4) is 0 Å². The van der Waals surface area contributed by atoms with E-state index >= 15 is 0 Å². The summed E-state index contributed by atoms with van der Waals surface area (Å²) < 4.78 is 11.2. The molecule has 20 heavy (non-hydrogen) atoms. The summed E-state index contributed by atoms with van der Waals surface area (Å²) in [6.07, 6.45) is 1.62. The molecule has 0 saturated heterocycles. The Morgan fingerprint density at radius 2 is 2.05 bits per heavy atom. The van der Waals surface area contributed by atoms with Crippen LogP contribution in [0.4, 0.5) is 11.5 Å². The number of methoxy groups -OCH3 is 2. The van der Waals surface area contributed by atoms with Gasteiger partial charge in [0.05, 0.1) is 25.5 Å². The molecule has 0 unspecified atom stereocenters. The number of nitrogens with one attached hydrogen (secondary N) is 1. The van der Waals surface area contributed by atoms with E-state index in [4.69, 9.17) is 14.7 Å². The quantitative estimate of drug-likeness (QED) is 0.927. The highest BCUT2D eigenvalue weighted by atomic mass is 79.9. The monoisotopic (exact) mass is 333 g/mol. The van der Waals surface area contributed by atoms with Crippen LogP contribution in [0.15, 0.2) is 34.9 Å². The molecule has 2 rings (SSSR count). The van der Waals surface area contributed by atoms with Crippen molar-refractivity contribution >= 4 is 27.4 Å². The van der Waals surface area contributed by atoms with E-state index in [2.05, 4.69) is 32.3 Å². The maximum atomic E-state index is 9.14. The van der Waals surface area contributed by atoms with E-state index in [9.17, 15) is 0 Å². The number of hydrogen-bond donors (Lipinski definition) is 1. The normalized spacial score (nSPS) is 9.70. The van der Waals surface area contributed by atoms with E-state index < -0.39 is 0 Å². The third-order valence-electron chi connectivity index (χ3n) is 2.63. The molecule has 0 atom stereocenters. The molecule has 0 radical (unpaired) electrons. The van der Waals surface area contributed by atoms with Gasteiger partial charge in [0.25, 0.3) is 0 Å². The number of nitrogens with zero attached hydrogens (tertiary/aromatic N) is 2. The standard InChI is InChI=1S/C14H12BrN3O2/c1-19-11-3-4-13(20-2)12(6-11)18-14-9(7-16)5-10(15)8-17-14/h3-6,8H,1-2H3,(H,17,18). The average Bonchev–Trinajstić information content (AvgIpc) is 2.48. The highest BCUT2D eigenvalue weighted by Crippen LogP contribution is 2.32. The van der Waals surface area contributed by atoms with Crippen LogP contribution in [0.1, 0.15) is 5.56 Å². The summed E-state index contributed by atoms with van der Waals surface area (Å²) >= 11 is 3.29. The summed E-state index contributed by atoms with van der Waals surface area (Å²) in [5.74, 6) is 1.78. The SMILES string of the molecule is COc1ccc(OC)c(Nc2ncc(Br)cc2C#N)c1. The first-order chi connectivity index (χ1) is 9.67. The minimum atomic E-state index is 0.434. The van der Waals surface area contributed by atoms with Gasteiger partial charge >= 0.3 is 0 Å². The van der Waals surface area contributed by atoms with Gasteiger partial charge in [-0.15, -0.1) is 0 Å². The van der Waals surface area contributed by atoms with Crippen molar-refractivity contribution in [2.45, 2.75) is 0 Å². The molecule has 0 aliphatic carbocycles. The topological polar surface area (TPSA) is 67.2 Å². The maximum Gasteiger partial charge on any atom is 0.148 e. The van der Waals surface area contributed by atoms with Crippen molar-refractivity contribution in [2.75, 3.05) is 19.5 Å². The van der Waals surface area contributed by atoms with Crippen LogP contribution in [0.25, 0.3) is 0 Å². The fraction of sp³-hybridized carbons (Fsp3) is 0.143. The predicted octanol–water partition coefficient (Wildman–Crippen LogP) is 3.48. The summed E-state index contributed by atoms with van der Waals surface area (Å²) in [6.45, 7) is 0. The summed E-state index contributed by atoms with van der Waals surface area (Å²) in [7, 11) is 3.16. The molecule has 102 valence electrons. The molecular formula is C14H12BrN3O2. The first kappa shape index (κ1) is 14.2. The zero-order valence-electron chi connectivity index (χ0n) is 11.0. The number of nitriles is 1. The van der Waals surface area contributed by atoms with Gasteiger partial charge in [-0.05, 0) is 34.1 Å². The minimum absolute atomic E-state index is 0.434. The molecule has 0 bridgehead atoms. The molecule has 6 heteroatoms. The lowest BCUT2D eigenvalue weighted by molar-refractivity contribution is 0.405. The van der Waals surface area contributed by atoms with Gasteiger partial charge in [0.1, 0.15) is 23.4 Å². The number of anilines is 2. The van der Waals surface area contributed by atoms with Gasteiger partial charge in [-0.2, -0.15) is 5.26 Å². The summed E-state index contributed by atoms with van der Waals surface area (Å²) in [4.78, 5) is 4.20. The highest BCUT2D eigenvalue weighted by molar-refractivity contribution is 9.10. The van der Waals surface area contributed by atoms with Gasteiger partial charge in [0.2, 0.25) is 0 Å². The zero-order valence-corrected chi connectivity index (χ0v) is 12.6. The van der Waals surface area contributed by atoms with Crippen LogP contribution >= 0.6 is 15.9 Å². The van der Waals surface area contributed by atoms with Gasteiger partial charge in [0, 0.05) is 16.7 Å². The first-order valence-electron chi connectivity index (χ1n) is 5.72. The molecule has 0 fully saturated rings. The van der Waals surface area contributed by atoms with E-state index in [-0.39, 0.29) is 0 Å². The van der Waals surface area contributed by atoms with Crippen LogP contribution < -0.4 is 14.8 Å². The fourth-order valence-corrected chi connectivity index (χ4v) is 1.99. The number of pyridine rings is 1. The van der Waals surface area contributed by atoms with Crippen LogP contribution in [0.5, 0.6) is 11.5 Å². The Labute approximate surface area is 125 Å². The Balaban J connectivity index is 2.41. The average molecular weight is 334 g/mol. The minimum Gasteiger partial charge on any atom is -0.497 e. The van der Waals surface area contributed by atoms with Crippen LogP contribution in [-0.2, 0) is 0 Å². The van der Waals surface area contributed by atoms with E-state index in [0.29, 0.717) is 28.6 Å². The van der Waals surface area contributed by atoms with Crippen molar-refractivity contribution in [3.63, 3.8) is 0 Å². The summed E-state index contributed by atoms with van der Waals surface area (Å²) in [5.41, 5.74) is 1.11. The number of aromatic nitrogens is 1. The second kappa shape index (κ2) is 6.26. The number of hydrogen-bond acceptors (Lipinski definition) is 5. The lowest BCUT2D eigenvalue weighted by atomic mass is 10.2. The summed E-state index contributed by atoms with van der Waals surface area (Å²) in [6, 6.07) is 9.15. The van der Waals surface area contributed by atoms with E-state index in [1.807, 2.05) is 0 Å². The van der Waals surface area contributed by atoms with Crippen molar-refractivity contribution in [2.24, 2.45) is 0 Å². The molecule has 0 aliphatic heterocycles. The summed E-state index contributed by atoms with van der Waals surface area (Å²) in [5, 5.41) is 12.2. The van der Waals surface area contributed by atoms with Gasteiger partial charge in [-0.25, -0.2) is 4.98 Å². The molecule has 1 aromatic carbocycles. The molecule has 0 aliphatic rings. The molecule has 1 aromatic heterocycles. The number of halogens is 1. The lowest BCUT2D eigenvalue weighted by Gasteiger charge is -2.13. The predicted molar refractivity (Wildman–Crippen MR) is 79.5 cm³/mol. The van der Waals surface area contributed by atoms with E-state index in [1.54, 1.807) is 44.7 Å². The maximum absolute atomic E-state index is 9.14. The number of ether oxygens (including phenoxy) is 2. The Hall–Kier alpha value is -2.26. The molecule has 0 saturated carbocycles. The van der Waals surface area contributed by atoms with Crippen LogP contribution in [-0.4, -0.2) is 19.2 Å². The molecule has 1 N–H and O–H groups in total. The Kier molecular flexibility index (Phi) is 4.43. The fourth-order valence-electron chi connectivity index (χ4n) is 1.66. The number of benzene rings is 1.